The highest BCUT2D eigenvalue weighted by atomic mass is 19.4. The fraction of sp³-hybridized carbons (Fsp3) is 0.188. The number of hydrogen-bond donors (Lipinski definition) is 0. The molecule has 6 heteroatoms. The number of esters is 1. The fourth-order valence-corrected chi connectivity index (χ4v) is 2.03. The van der Waals surface area contributed by atoms with E-state index in [9.17, 15) is 22.4 Å². The van der Waals surface area contributed by atoms with Crippen molar-refractivity contribution in [2.24, 2.45) is 0 Å². The van der Waals surface area contributed by atoms with Gasteiger partial charge in [0.25, 0.3) is 0 Å². The zero-order valence-corrected chi connectivity index (χ0v) is 11.8. The number of halogens is 4. The molecule has 116 valence electrons. The van der Waals surface area contributed by atoms with Gasteiger partial charge >= 0.3 is 12.1 Å². The van der Waals surface area contributed by atoms with E-state index in [1.807, 2.05) is 6.07 Å². The highest BCUT2D eigenvalue weighted by Gasteiger charge is 2.32. The Balaban J connectivity index is 2.31. The molecule has 22 heavy (non-hydrogen) atoms. The maximum atomic E-state index is 13.3. The van der Waals surface area contributed by atoms with Gasteiger partial charge in [-0.3, -0.25) is 0 Å². The normalized spacial score (nSPS) is 11.4. The first-order chi connectivity index (χ1) is 10.1. The molecule has 0 saturated heterocycles. The smallest absolute Gasteiger partial charge is 0.416 e. The quantitative estimate of drug-likeness (QED) is 0.457. The third-order valence-corrected chi connectivity index (χ3v) is 2.87. The SMILES string of the molecule is Cc1cc(C)cc(OC(=O)c2cc(F)cc(C(F)(F)F)c2)c1. The standard InChI is InChI=1S/C16H12F4O2/c1-9-3-10(2)5-14(4-9)22-15(21)11-6-12(16(18,19)20)8-13(17)7-11/h3-8H,1-2H3. The van der Waals surface area contributed by atoms with Crippen LogP contribution in [0.3, 0.4) is 0 Å². The van der Waals surface area contributed by atoms with E-state index in [1.54, 1.807) is 26.0 Å². The van der Waals surface area contributed by atoms with Crippen LogP contribution in [0.5, 0.6) is 5.75 Å². The van der Waals surface area contributed by atoms with Crippen molar-refractivity contribution < 1.29 is 27.1 Å². The summed E-state index contributed by atoms with van der Waals surface area (Å²) in [5.74, 6) is -2.00. The number of carbonyl (C=O) groups excluding carboxylic acids is 1. The maximum Gasteiger partial charge on any atom is 0.416 e. The van der Waals surface area contributed by atoms with E-state index >= 15 is 0 Å². The third-order valence-electron chi connectivity index (χ3n) is 2.87. The summed E-state index contributed by atoms with van der Waals surface area (Å²) in [4.78, 5) is 11.9. The van der Waals surface area contributed by atoms with Crippen molar-refractivity contribution in [1.82, 2.24) is 0 Å². The average Bonchev–Trinajstić information content (AvgIpc) is 2.35. The summed E-state index contributed by atoms with van der Waals surface area (Å²) in [6.07, 6.45) is -4.74. The fourth-order valence-electron chi connectivity index (χ4n) is 2.03. The van der Waals surface area contributed by atoms with Crippen molar-refractivity contribution in [3.63, 3.8) is 0 Å². The molecule has 0 unspecified atom stereocenters. The summed E-state index contributed by atoms with van der Waals surface area (Å²) in [5.41, 5.74) is -0.0672. The molecule has 0 radical (unpaired) electrons. The molecule has 0 aliphatic heterocycles. The Labute approximate surface area is 124 Å². The van der Waals surface area contributed by atoms with Crippen molar-refractivity contribution in [2.45, 2.75) is 20.0 Å². The van der Waals surface area contributed by atoms with Crippen molar-refractivity contribution in [2.75, 3.05) is 0 Å². The highest BCUT2D eigenvalue weighted by molar-refractivity contribution is 5.91. The van der Waals surface area contributed by atoms with Crippen LogP contribution in [0.15, 0.2) is 36.4 Å². The number of carbonyl (C=O) groups is 1. The van der Waals surface area contributed by atoms with Crippen LogP contribution in [0.25, 0.3) is 0 Å². The minimum Gasteiger partial charge on any atom is -0.423 e. The Morgan fingerprint density at radius 3 is 2.09 bits per heavy atom. The van der Waals surface area contributed by atoms with Crippen LogP contribution in [-0.4, -0.2) is 5.97 Å². The average molecular weight is 312 g/mol. The zero-order valence-electron chi connectivity index (χ0n) is 11.8. The molecule has 0 aromatic heterocycles. The zero-order chi connectivity index (χ0) is 16.5. The van der Waals surface area contributed by atoms with E-state index in [1.165, 1.54) is 0 Å². The molecule has 0 aliphatic rings. The topological polar surface area (TPSA) is 26.3 Å². The monoisotopic (exact) mass is 312 g/mol. The van der Waals surface area contributed by atoms with Gasteiger partial charge in [-0.05, 0) is 55.3 Å². The number of hydrogen-bond acceptors (Lipinski definition) is 2. The Hall–Kier alpha value is -2.37. The van der Waals surface area contributed by atoms with Gasteiger partial charge in [-0.2, -0.15) is 13.2 Å². The molecule has 0 heterocycles. The van der Waals surface area contributed by atoms with Gasteiger partial charge in [-0.15, -0.1) is 0 Å². The van der Waals surface area contributed by atoms with Gasteiger partial charge < -0.3 is 4.74 Å². The van der Waals surface area contributed by atoms with Gasteiger partial charge in [0.15, 0.2) is 0 Å². The first-order valence-corrected chi connectivity index (χ1v) is 6.33. The van der Waals surface area contributed by atoms with Crippen molar-refractivity contribution in [1.29, 1.82) is 0 Å². The van der Waals surface area contributed by atoms with Crippen LogP contribution < -0.4 is 4.74 Å². The number of ether oxygens (including phenoxy) is 1. The lowest BCUT2D eigenvalue weighted by Gasteiger charge is -2.10. The van der Waals surface area contributed by atoms with Crippen molar-refractivity contribution in [3.8, 4) is 5.75 Å². The second-order valence-electron chi connectivity index (χ2n) is 4.94. The van der Waals surface area contributed by atoms with Gasteiger partial charge in [0.05, 0.1) is 11.1 Å². The molecular formula is C16H12F4O2. The van der Waals surface area contributed by atoms with Crippen molar-refractivity contribution >= 4 is 5.97 Å². The van der Waals surface area contributed by atoms with Gasteiger partial charge in [0.1, 0.15) is 11.6 Å². The minimum absolute atomic E-state index is 0.195. The summed E-state index contributed by atoms with van der Waals surface area (Å²) in [7, 11) is 0. The van der Waals surface area contributed by atoms with Gasteiger partial charge in [0, 0.05) is 0 Å². The molecule has 0 aliphatic carbocycles. The molecule has 0 N–H and O–H groups in total. The molecular weight excluding hydrogens is 300 g/mol. The molecule has 0 amide bonds. The highest BCUT2D eigenvalue weighted by Crippen LogP contribution is 2.30. The predicted molar refractivity (Wildman–Crippen MR) is 72.3 cm³/mol. The first kappa shape index (κ1) is 16.0. The third kappa shape index (κ3) is 3.84. The van der Waals surface area contributed by atoms with E-state index in [0.29, 0.717) is 18.2 Å². The summed E-state index contributed by atoms with van der Waals surface area (Å²) >= 11 is 0. The molecule has 0 fully saturated rings. The largest absolute Gasteiger partial charge is 0.423 e. The molecule has 0 bridgehead atoms. The second-order valence-corrected chi connectivity index (χ2v) is 4.94. The van der Waals surface area contributed by atoms with Crippen LogP contribution in [0, 0.1) is 19.7 Å². The second kappa shape index (κ2) is 5.79. The summed E-state index contributed by atoms with van der Waals surface area (Å²) in [6.45, 7) is 3.57. The lowest BCUT2D eigenvalue weighted by Crippen LogP contribution is -2.12. The van der Waals surface area contributed by atoms with E-state index < -0.39 is 29.1 Å². The Morgan fingerprint density at radius 1 is 0.955 bits per heavy atom. The maximum absolute atomic E-state index is 13.3. The molecule has 0 atom stereocenters. The number of rotatable bonds is 2. The first-order valence-electron chi connectivity index (χ1n) is 6.33. The Kier molecular flexibility index (Phi) is 4.21. The molecule has 0 saturated carbocycles. The van der Waals surface area contributed by atoms with E-state index in [-0.39, 0.29) is 5.75 Å². The van der Waals surface area contributed by atoms with E-state index in [2.05, 4.69) is 0 Å². The molecule has 0 spiro atoms. The summed E-state index contributed by atoms with van der Waals surface area (Å²) in [6, 6.07) is 6.58. The Bertz CT molecular complexity index is 700. The summed E-state index contributed by atoms with van der Waals surface area (Å²) in [5, 5.41) is 0. The molecule has 2 aromatic rings. The number of aryl methyl sites for hydroxylation is 2. The van der Waals surface area contributed by atoms with Gasteiger partial charge in [-0.25, -0.2) is 9.18 Å². The minimum atomic E-state index is -4.74. The van der Waals surface area contributed by atoms with E-state index in [4.69, 9.17) is 4.74 Å². The lowest BCUT2D eigenvalue weighted by atomic mass is 10.1. The molecule has 2 rings (SSSR count). The molecule has 2 nitrogen and oxygen atoms in total. The predicted octanol–water partition coefficient (Wildman–Crippen LogP) is 4.68. The van der Waals surface area contributed by atoms with Gasteiger partial charge in [-0.1, -0.05) is 6.07 Å². The number of benzene rings is 2. The Morgan fingerprint density at radius 2 is 1.55 bits per heavy atom. The van der Waals surface area contributed by atoms with Gasteiger partial charge in [0.2, 0.25) is 0 Å². The van der Waals surface area contributed by atoms with E-state index in [0.717, 1.165) is 11.1 Å². The number of alkyl halides is 3. The lowest BCUT2D eigenvalue weighted by molar-refractivity contribution is -0.137. The molecule has 2 aromatic carbocycles. The van der Waals surface area contributed by atoms with Crippen LogP contribution >= 0.6 is 0 Å². The van der Waals surface area contributed by atoms with Crippen LogP contribution in [-0.2, 0) is 6.18 Å². The van der Waals surface area contributed by atoms with Crippen LogP contribution in [0.4, 0.5) is 17.6 Å². The van der Waals surface area contributed by atoms with Crippen molar-refractivity contribution in [3.05, 3.63) is 64.5 Å². The van der Waals surface area contributed by atoms with Crippen LogP contribution in [0.1, 0.15) is 27.0 Å². The van der Waals surface area contributed by atoms with Crippen LogP contribution in [0.2, 0.25) is 0 Å². The summed E-state index contributed by atoms with van der Waals surface area (Å²) < 4.78 is 56.2.